The molecule has 2 N–H and O–H groups in total. The van der Waals surface area contributed by atoms with Crippen molar-refractivity contribution in [2.24, 2.45) is 5.73 Å². The van der Waals surface area contributed by atoms with Crippen molar-refractivity contribution in [2.45, 2.75) is 16.7 Å². The number of hydrogen-bond acceptors (Lipinski definition) is 3. The predicted molar refractivity (Wildman–Crippen MR) is 90.7 cm³/mol. The minimum atomic E-state index is -0.323. The zero-order valence-corrected chi connectivity index (χ0v) is 12.8. The number of para-hydroxylation sites is 1. The summed E-state index contributed by atoms with van der Waals surface area (Å²) < 4.78 is 0. The first-order valence-electron chi connectivity index (χ1n) is 7.08. The highest BCUT2D eigenvalue weighted by Crippen LogP contribution is 2.26. The maximum atomic E-state index is 11.7. The van der Waals surface area contributed by atoms with Crippen LogP contribution in [0.3, 0.4) is 0 Å². The third-order valence-electron chi connectivity index (χ3n) is 3.42. The lowest BCUT2D eigenvalue weighted by molar-refractivity contribution is -0.117. The second-order valence-corrected chi connectivity index (χ2v) is 6.26. The minimum Gasteiger partial charge on any atom is -0.369 e. The van der Waals surface area contributed by atoms with Crippen molar-refractivity contribution in [3.63, 3.8) is 0 Å². The highest BCUT2D eigenvalue weighted by Gasteiger charge is 2.18. The Morgan fingerprint density at radius 2 is 1.73 bits per heavy atom. The van der Waals surface area contributed by atoms with Crippen LogP contribution in [0.1, 0.15) is 5.56 Å². The van der Waals surface area contributed by atoms with Crippen molar-refractivity contribution < 1.29 is 4.79 Å². The van der Waals surface area contributed by atoms with Gasteiger partial charge in [0.05, 0.1) is 15.8 Å². The summed E-state index contributed by atoms with van der Waals surface area (Å²) in [5, 5.41) is 1.58. The average Bonchev–Trinajstić information content (AvgIpc) is 2.55. The monoisotopic (exact) mass is 308 g/mol. The molecule has 3 nitrogen and oxygen atoms in total. The molecule has 0 aliphatic rings. The molecule has 22 heavy (non-hydrogen) atoms. The van der Waals surface area contributed by atoms with Gasteiger partial charge in [-0.25, -0.2) is 4.98 Å². The zero-order valence-electron chi connectivity index (χ0n) is 12.0. The number of hydrogen-bond donors (Lipinski definition) is 1. The SMILES string of the molecule is NC(=O)C(Cc1ccccc1)Sc1ccc2ccccc2n1. The quantitative estimate of drug-likeness (QED) is 0.735. The number of amides is 1. The molecule has 110 valence electrons. The van der Waals surface area contributed by atoms with Gasteiger partial charge in [0.1, 0.15) is 0 Å². The Morgan fingerprint density at radius 1 is 1.00 bits per heavy atom. The number of carbonyl (C=O) groups is 1. The van der Waals surface area contributed by atoms with E-state index in [1.54, 1.807) is 0 Å². The topological polar surface area (TPSA) is 56.0 Å². The number of fused-ring (bicyclic) bond motifs is 1. The third kappa shape index (κ3) is 3.46. The first-order valence-corrected chi connectivity index (χ1v) is 7.96. The molecule has 1 unspecified atom stereocenters. The van der Waals surface area contributed by atoms with Crippen LogP contribution in [0.15, 0.2) is 71.8 Å². The highest BCUT2D eigenvalue weighted by atomic mass is 32.2. The smallest absolute Gasteiger partial charge is 0.231 e. The molecule has 3 aromatic rings. The molecule has 0 radical (unpaired) electrons. The van der Waals surface area contributed by atoms with E-state index in [-0.39, 0.29) is 11.2 Å². The molecule has 0 bridgehead atoms. The second kappa shape index (κ2) is 6.62. The summed E-state index contributed by atoms with van der Waals surface area (Å²) >= 11 is 1.42. The number of aromatic nitrogens is 1. The van der Waals surface area contributed by atoms with E-state index in [9.17, 15) is 4.79 Å². The number of nitrogens with zero attached hydrogens (tertiary/aromatic N) is 1. The van der Waals surface area contributed by atoms with E-state index < -0.39 is 0 Å². The number of carbonyl (C=O) groups excluding carboxylic acids is 1. The summed E-state index contributed by atoms with van der Waals surface area (Å²) in [6.45, 7) is 0. The fourth-order valence-corrected chi connectivity index (χ4v) is 3.27. The van der Waals surface area contributed by atoms with Gasteiger partial charge >= 0.3 is 0 Å². The maximum absolute atomic E-state index is 11.7. The largest absolute Gasteiger partial charge is 0.369 e. The van der Waals surface area contributed by atoms with Crippen LogP contribution in [0.25, 0.3) is 10.9 Å². The number of benzene rings is 2. The minimum absolute atomic E-state index is 0.316. The molecule has 1 atom stereocenters. The van der Waals surface area contributed by atoms with E-state index in [1.807, 2.05) is 66.7 Å². The Bertz CT molecular complexity index is 789. The van der Waals surface area contributed by atoms with Gasteiger partial charge in [-0.15, -0.1) is 0 Å². The molecule has 2 aromatic carbocycles. The predicted octanol–water partition coefficient (Wildman–Crippen LogP) is 3.42. The van der Waals surface area contributed by atoms with Crippen LogP contribution >= 0.6 is 11.8 Å². The van der Waals surface area contributed by atoms with Crippen LogP contribution in [-0.4, -0.2) is 16.1 Å². The summed E-state index contributed by atoms with van der Waals surface area (Å²) in [6, 6.07) is 21.8. The van der Waals surface area contributed by atoms with Gasteiger partial charge in [0.15, 0.2) is 0 Å². The van der Waals surface area contributed by atoms with Crippen LogP contribution in [-0.2, 0) is 11.2 Å². The number of pyridine rings is 1. The van der Waals surface area contributed by atoms with Gasteiger partial charge in [-0.05, 0) is 24.1 Å². The van der Waals surface area contributed by atoms with E-state index in [0.717, 1.165) is 21.5 Å². The molecule has 4 heteroatoms. The Balaban J connectivity index is 1.81. The van der Waals surface area contributed by atoms with Crippen LogP contribution < -0.4 is 5.73 Å². The van der Waals surface area contributed by atoms with Crippen molar-refractivity contribution in [1.82, 2.24) is 4.98 Å². The van der Waals surface area contributed by atoms with E-state index >= 15 is 0 Å². The van der Waals surface area contributed by atoms with Crippen LogP contribution in [0.5, 0.6) is 0 Å². The molecule has 3 rings (SSSR count). The molecule has 0 saturated carbocycles. The summed E-state index contributed by atoms with van der Waals surface area (Å²) in [4.78, 5) is 16.3. The van der Waals surface area contributed by atoms with E-state index in [0.29, 0.717) is 6.42 Å². The molecule has 0 aliphatic heterocycles. The van der Waals surface area contributed by atoms with E-state index in [1.165, 1.54) is 11.8 Å². The Hall–Kier alpha value is -2.33. The number of primary amides is 1. The van der Waals surface area contributed by atoms with Crippen LogP contribution in [0, 0.1) is 0 Å². The van der Waals surface area contributed by atoms with E-state index in [2.05, 4.69) is 4.98 Å². The molecule has 0 fully saturated rings. The van der Waals surface area contributed by atoms with Gasteiger partial charge in [-0.3, -0.25) is 4.79 Å². The fourth-order valence-electron chi connectivity index (χ4n) is 2.29. The van der Waals surface area contributed by atoms with Crippen LogP contribution in [0.2, 0.25) is 0 Å². The van der Waals surface area contributed by atoms with E-state index in [4.69, 9.17) is 5.73 Å². The van der Waals surface area contributed by atoms with Crippen LogP contribution in [0.4, 0.5) is 0 Å². The highest BCUT2D eigenvalue weighted by molar-refractivity contribution is 8.00. The normalized spacial score (nSPS) is 12.2. The van der Waals surface area contributed by atoms with Gasteiger partial charge in [0.25, 0.3) is 0 Å². The maximum Gasteiger partial charge on any atom is 0.231 e. The molecule has 1 heterocycles. The molecular formula is C18H16N2OS. The summed E-state index contributed by atoms with van der Waals surface area (Å²) in [6.07, 6.45) is 0.606. The van der Waals surface area contributed by atoms with Gasteiger partial charge in [0, 0.05) is 5.39 Å². The molecule has 0 aliphatic carbocycles. The average molecular weight is 308 g/mol. The van der Waals surface area contributed by atoms with Crippen molar-refractivity contribution in [3.05, 3.63) is 72.3 Å². The second-order valence-electron chi connectivity index (χ2n) is 5.04. The number of thioether (sulfide) groups is 1. The summed E-state index contributed by atoms with van der Waals surface area (Å²) in [7, 11) is 0. The Kier molecular flexibility index (Phi) is 4.39. The first kappa shape index (κ1) is 14.6. The molecule has 1 aromatic heterocycles. The standard InChI is InChI=1S/C18H16N2OS/c19-18(21)16(12-13-6-2-1-3-7-13)22-17-11-10-14-8-4-5-9-15(14)20-17/h1-11,16H,12H2,(H2,19,21). The van der Waals surface area contributed by atoms with Crippen molar-refractivity contribution in [1.29, 1.82) is 0 Å². The Labute approximate surface area is 133 Å². The first-order chi connectivity index (χ1) is 10.7. The lowest BCUT2D eigenvalue weighted by Gasteiger charge is -2.13. The Morgan fingerprint density at radius 3 is 2.50 bits per heavy atom. The van der Waals surface area contributed by atoms with Gasteiger partial charge in [-0.2, -0.15) is 0 Å². The zero-order chi connectivity index (χ0) is 15.4. The fraction of sp³-hybridized carbons (Fsp3) is 0.111. The number of rotatable bonds is 5. The summed E-state index contributed by atoms with van der Waals surface area (Å²) in [5.41, 5.74) is 7.58. The lowest BCUT2D eigenvalue weighted by Crippen LogP contribution is -2.27. The van der Waals surface area contributed by atoms with Gasteiger partial charge in [-0.1, -0.05) is 66.4 Å². The summed E-state index contributed by atoms with van der Waals surface area (Å²) in [5.74, 6) is -0.316. The molecule has 0 spiro atoms. The van der Waals surface area contributed by atoms with Crippen molar-refractivity contribution in [2.75, 3.05) is 0 Å². The van der Waals surface area contributed by atoms with Gasteiger partial charge < -0.3 is 5.73 Å². The lowest BCUT2D eigenvalue weighted by atomic mass is 10.1. The number of nitrogens with two attached hydrogens (primary N) is 1. The molecular weight excluding hydrogens is 292 g/mol. The van der Waals surface area contributed by atoms with Crippen molar-refractivity contribution >= 4 is 28.6 Å². The van der Waals surface area contributed by atoms with Gasteiger partial charge in [0.2, 0.25) is 5.91 Å². The third-order valence-corrected chi connectivity index (χ3v) is 4.57. The molecule has 1 amide bonds. The molecule has 0 saturated heterocycles. The van der Waals surface area contributed by atoms with Crippen molar-refractivity contribution in [3.8, 4) is 0 Å².